The van der Waals surface area contributed by atoms with Crippen LogP contribution in [0.2, 0.25) is 5.02 Å². The second-order valence-electron chi connectivity index (χ2n) is 4.01. The van der Waals surface area contributed by atoms with Gasteiger partial charge in [0.2, 0.25) is 0 Å². The number of likely N-dealkylation sites (tertiary alicyclic amines) is 1. The number of rotatable bonds is 2. The summed E-state index contributed by atoms with van der Waals surface area (Å²) in [6.45, 7) is 0.851. The lowest BCUT2D eigenvalue weighted by atomic mass is 9.92. The highest BCUT2D eigenvalue weighted by atomic mass is 35.5. The number of amides is 1. The zero-order valence-electron chi connectivity index (χ0n) is 9.06. The van der Waals surface area contributed by atoms with Crippen molar-refractivity contribution >= 4 is 34.8 Å². The van der Waals surface area contributed by atoms with E-state index in [0.717, 1.165) is 0 Å². The first-order chi connectivity index (χ1) is 8.09. The molecule has 0 saturated carbocycles. The zero-order valence-corrected chi connectivity index (χ0v) is 10.6. The van der Waals surface area contributed by atoms with Crippen molar-refractivity contribution in [3.05, 3.63) is 21.3 Å². The average Bonchev–Trinajstić information content (AvgIpc) is 2.74. The second-order valence-corrected chi connectivity index (χ2v) is 5.33. The van der Waals surface area contributed by atoms with E-state index in [1.54, 1.807) is 11.4 Å². The van der Waals surface area contributed by atoms with Crippen molar-refractivity contribution in [2.75, 3.05) is 13.1 Å². The lowest BCUT2D eigenvalue weighted by Crippen LogP contribution is -2.39. The molecule has 92 valence electrons. The summed E-state index contributed by atoms with van der Waals surface area (Å²) < 4.78 is 0. The van der Waals surface area contributed by atoms with Gasteiger partial charge in [-0.05, 0) is 24.3 Å². The van der Waals surface area contributed by atoms with Gasteiger partial charge in [0, 0.05) is 19.0 Å². The van der Waals surface area contributed by atoms with Crippen LogP contribution in [0.3, 0.4) is 0 Å². The van der Waals surface area contributed by atoms with Crippen LogP contribution in [0.25, 0.3) is 0 Å². The van der Waals surface area contributed by atoms with Gasteiger partial charge in [0.1, 0.15) is 0 Å². The number of piperidine rings is 1. The maximum atomic E-state index is 12.1. The molecular formula is C11H12ClNO3S. The number of halogens is 1. The summed E-state index contributed by atoms with van der Waals surface area (Å²) in [5.74, 6) is -0.0446. The van der Waals surface area contributed by atoms with Crippen LogP contribution < -0.4 is 0 Å². The molecule has 0 spiro atoms. The van der Waals surface area contributed by atoms with Crippen molar-refractivity contribution in [2.24, 2.45) is 5.92 Å². The molecule has 0 aliphatic carbocycles. The fourth-order valence-electron chi connectivity index (χ4n) is 1.99. The molecule has 1 N–H and O–H groups in total. The predicted octanol–water partition coefficient (Wildman–Crippen LogP) is 2.97. The van der Waals surface area contributed by atoms with Crippen LogP contribution in [0.4, 0.5) is 4.79 Å². The minimum atomic E-state index is -0.912. The average molecular weight is 274 g/mol. The van der Waals surface area contributed by atoms with E-state index in [1.807, 2.05) is 0 Å². The molecule has 17 heavy (non-hydrogen) atoms. The Bertz CT molecular complexity index is 438. The summed E-state index contributed by atoms with van der Waals surface area (Å²) in [5, 5.41) is 11.1. The number of hydrogen-bond acceptors (Lipinski definition) is 3. The van der Waals surface area contributed by atoms with Gasteiger partial charge in [-0.15, -0.1) is 11.3 Å². The van der Waals surface area contributed by atoms with Crippen LogP contribution in [0.5, 0.6) is 0 Å². The molecule has 1 saturated heterocycles. The minimum Gasteiger partial charge on any atom is -0.465 e. The number of carbonyl (C=O) groups excluding carboxylic acids is 1. The SMILES string of the molecule is O=C(c1sccc1Cl)C1CCN(C(=O)O)CC1. The van der Waals surface area contributed by atoms with E-state index >= 15 is 0 Å². The standard InChI is InChI=1S/C11H12ClNO3S/c12-8-3-6-17-10(8)9(14)7-1-4-13(5-2-7)11(15)16/h3,6-7H,1-2,4-5H2,(H,15,16). The Morgan fingerprint density at radius 2 is 2.06 bits per heavy atom. The van der Waals surface area contributed by atoms with Crippen LogP contribution >= 0.6 is 22.9 Å². The molecule has 2 rings (SSSR count). The summed E-state index contributed by atoms with van der Waals surface area (Å²) in [6, 6.07) is 1.71. The number of Topliss-reactive ketones (excluding diaryl/α,β-unsaturated/α-hetero) is 1. The van der Waals surface area contributed by atoms with E-state index in [-0.39, 0.29) is 11.7 Å². The van der Waals surface area contributed by atoms with Gasteiger partial charge in [0.25, 0.3) is 0 Å². The molecule has 1 amide bonds. The number of ketones is 1. The fourth-order valence-corrected chi connectivity index (χ4v) is 3.16. The largest absolute Gasteiger partial charge is 0.465 e. The summed E-state index contributed by atoms with van der Waals surface area (Å²) in [4.78, 5) is 24.8. The van der Waals surface area contributed by atoms with E-state index in [2.05, 4.69) is 0 Å². The summed E-state index contributed by atoms with van der Waals surface area (Å²) in [5.41, 5.74) is 0. The topological polar surface area (TPSA) is 57.6 Å². The lowest BCUT2D eigenvalue weighted by molar-refractivity contribution is 0.0825. The van der Waals surface area contributed by atoms with Gasteiger partial charge in [-0.2, -0.15) is 0 Å². The molecule has 2 heterocycles. The third kappa shape index (κ3) is 2.61. The second kappa shape index (κ2) is 5.06. The first kappa shape index (κ1) is 12.4. The Kier molecular flexibility index (Phi) is 3.69. The molecule has 0 atom stereocenters. The van der Waals surface area contributed by atoms with Crippen LogP contribution in [0, 0.1) is 5.92 Å². The zero-order chi connectivity index (χ0) is 12.4. The first-order valence-electron chi connectivity index (χ1n) is 5.34. The van der Waals surface area contributed by atoms with Gasteiger partial charge in [-0.1, -0.05) is 11.6 Å². The van der Waals surface area contributed by atoms with E-state index in [9.17, 15) is 9.59 Å². The quantitative estimate of drug-likeness (QED) is 0.843. The molecule has 1 aliphatic heterocycles. The maximum absolute atomic E-state index is 12.1. The van der Waals surface area contributed by atoms with Crippen molar-refractivity contribution < 1.29 is 14.7 Å². The van der Waals surface area contributed by atoms with Gasteiger partial charge in [0.15, 0.2) is 5.78 Å². The predicted molar refractivity (Wildman–Crippen MR) is 66.0 cm³/mol. The van der Waals surface area contributed by atoms with Crippen LogP contribution in [-0.4, -0.2) is 35.0 Å². The smallest absolute Gasteiger partial charge is 0.407 e. The highest BCUT2D eigenvalue weighted by Crippen LogP contribution is 2.29. The van der Waals surface area contributed by atoms with Gasteiger partial charge >= 0.3 is 6.09 Å². The van der Waals surface area contributed by atoms with E-state index in [1.165, 1.54) is 16.2 Å². The molecule has 1 fully saturated rings. The Labute approximate surface area is 108 Å². The fraction of sp³-hybridized carbons (Fsp3) is 0.455. The van der Waals surface area contributed by atoms with Crippen LogP contribution in [0.15, 0.2) is 11.4 Å². The molecule has 1 aromatic rings. The Morgan fingerprint density at radius 3 is 2.53 bits per heavy atom. The Morgan fingerprint density at radius 1 is 1.41 bits per heavy atom. The maximum Gasteiger partial charge on any atom is 0.407 e. The van der Waals surface area contributed by atoms with Crippen molar-refractivity contribution in [3.8, 4) is 0 Å². The number of nitrogens with zero attached hydrogens (tertiary/aromatic N) is 1. The summed E-state index contributed by atoms with van der Waals surface area (Å²) in [7, 11) is 0. The van der Waals surface area contributed by atoms with Crippen LogP contribution in [0.1, 0.15) is 22.5 Å². The number of thiophene rings is 1. The van der Waals surface area contributed by atoms with Gasteiger partial charge in [-0.25, -0.2) is 4.79 Å². The highest BCUT2D eigenvalue weighted by molar-refractivity contribution is 7.12. The summed E-state index contributed by atoms with van der Waals surface area (Å²) >= 11 is 7.27. The number of carbonyl (C=O) groups is 2. The van der Waals surface area contributed by atoms with Crippen molar-refractivity contribution in [3.63, 3.8) is 0 Å². The van der Waals surface area contributed by atoms with Gasteiger partial charge in [0.05, 0.1) is 9.90 Å². The first-order valence-corrected chi connectivity index (χ1v) is 6.60. The van der Waals surface area contributed by atoms with Crippen molar-refractivity contribution in [2.45, 2.75) is 12.8 Å². The Hall–Kier alpha value is -1.07. The monoisotopic (exact) mass is 273 g/mol. The normalized spacial score (nSPS) is 17.1. The number of hydrogen-bond donors (Lipinski definition) is 1. The van der Waals surface area contributed by atoms with E-state index < -0.39 is 6.09 Å². The Balaban J connectivity index is 2.00. The molecule has 4 nitrogen and oxygen atoms in total. The van der Waals surface area contributed by atoms with Gasteiger partial charge in [-0.3, -0.25) is 4.79 Å². The molecule has 0 aromatic carbocycles. The molecule has 6 heteroatoms. The summed E-state index contributed by atoms with van der Waals surface area (Å²) in [6.07, 6.45) is 0.253. The van der Waals surface area contributed by atoms with E-state index in [0.29, 0.717) is 35.8 Å². The third-order valence-corrected chi connectivity index (χ3v) is 4.33. The molecule has 0 unspecified atom stereocenters. The molecule has 0 bridgehead atoms. The minimum absolute atomic E-state index is 0.0510. The van der Waals surface area contributed by atoms with Crippen LogP contribution in [-0.2, 0) is 0 Å². The molecular weight excluding hydrogens is 262 g/mol. The molecule has 0 radical (unpaired) electrons. The highest BCUT2D eigenvalue weighted by Gasteiger charge is 2.29. The lowest BCUT2D eigenvalue weighted by Gasteiger charge is -2.28. The molecule has 1 aliphatic rings. The van der Waals surface area contributed by atoms with Gasteiger partial charge < -0.3 is 10.0 Å². The number of carboxylic acid groups (broad SMARTS) is 1. The molecule has 1 aromatic heterocycles. The van der Waals surface area contributed by atoms with Crippen molar-refractivity contribution in [1.82, 2.24) is 4.90 Å². The van der Waals surface area contributed by atoms with E-state index in [4.69, 9.17) is 16.7 Å². The van der Waals surface area contributed by atoms with Crippen molar-refractivity contribution in [1.29, 1.82) is 0 Å². The third-order valence-electron chi connectivity index (χ3n) is 2.98.